The van der Waals surface area contributed by atoms with Gasteiger partial charge in [0, 0.05) is 12.4 Å². The molecule has 0 aliphatic carbocycles. The van der Waals surface area contributed by atoms with Gasteiger partial charge in [0.1, 0.15) is 0 Å². The van der Waals surface area contributed by atoms with E-state index in [2.05, 4.69) is 9.97 Å². The van der Waals surface area contributed by atoms with Crippen molar-refractivity contribution < 1.29 is 4.74 Å². The third kappa shape index (κ3) is 2.35. The third-order valence-electron chi connectivity index (χ3n) is 1.78. The first-order valence-corrected chi connectivity index (χ1v) is 5.12. The highest BCUT2D eigenvalue weighted by atomic mass is 35.5. The van der Waals surface area contributed by atoms with Gasteiger partial charge in [-0.05, 0) is 18.2 Å². The number of anilines is 1. The highest BCUT2D eigenvalue weighted by Gasteiger charge is 2.07. The first-order valence-electron chi connectivity index (χ1n) is 4.36. The summed E-state index contributed by atoms with van der Waals surface area (Å²) in [7, 11) is 0. The van der Waals surface area contributed by atoms with E-state index in [4.69, 9.17) is 33.7 Å². The Kier molecular flexibility index (Phi) is 3.12. The van der Waals surface area contributed by atoms with E-state index in [9.17, 15) is 0 Å². The molecule has 0 spiro atoms. The van der Waals surface area contributed by atoms with Gasteiger partial charge in [0.2, 0.25) is 5.88 Å². The largest absolute Gasteiger partial charge is 0.434 e. The van der Waals surface area contributed by atoms with Crippen molar-refractivity contribution in [2.45, 2.75) is 0 Å². The average Bonchev–Trinajstić information content (AvgIpc) is 2.25. The minimum atomic E-state index is 0.249. The number of hydrogen-bond acceptors (Lipinski definition) is 4. The molecule has 6 heteroatoms. The molecule has 2 aromatic heterocycles. The Bertz CT molecular complexity index is 519. The smallest absolute Gasteiger partial charge is 0.242 e. The maximum atomic E-state index is 5.83. The monoisotopic (exact) mass is 255 g/mol. The first kappa shape index (κ1) is 11.0. The molecule has 0 fully saturated rings. The number of nitrogen functional groups attached to an aromatic ring is 1. The topological polar surface area (TPSA) is 61.0 Å². The van der Waals surface area contributed by atoms with Crippen LogP contribution in [0.3, 0.4) is 0 Å². The second-order valence-electron chi connectivity index (χ2n) is 2.94. The third-order valence-corrected chi connectivity index (χ3v) is 2.27. The van der Waals surface area contributed by atoms with Gasteiger partial charge in [-0.1, -0.05) is 23.2 Å². The minimum absolute atomic E-state index is 0.249. The SMILES string of the molecule is Nc1cc(Cl)cnc1Oc1cccnc1Cl. The predicted octanol–water partition coefficient (Wildman–Crippen LogP) is 3.16. The Balaban J connectivity index is 2.31. The number of nitrogens with zero attached hydrogens (tertiary/aromatic N) is 2. The van der Waals surface area contributed by atoms with E-state index < -0.39 is 0 Å². The van der Waals surface area contributed by atoms with E-state index in [1.165, 1.54) is 6.20 Å². The van der Waals surface area contributed by atoms with Gasteiger partial charge in [-0.3, -0.25) is 0 Å². The second-order valence-corrected chi connectivity index (χ2v) is 3.74. The van der Waals surface area contributed by atoms with Crippen LogP contribution in [0.1, 0.15) is 0 Å². The second kappa shape index (κ2) is 4.55. The fourth-order valence-corrected chi connectivity index (χ4v) is 1.40. The first-order chi connectivity index (χ1) is 7.66. The molecule has 0 saturated heterocycles. The van der Waals surface area contributed by atoms with E-state index in [0.29, 0.717) is 16.5 Å². The molecule has 0 atom stereocenters. The maximum Gasteiger partial charge on any atom is 0.242 e. The Labute approximate surface area is 102 Å². The van der Waals surface area contributed by atoms with E-state index in [-0.39, 0.29) is 11.0 Å². The Morgan fingerprint density at radius 1 is 1.25 bits per heavy atom. The number of rotatable bonds is 2. The zero-order valence-corrected chi connectivity index (χ0v) is 9.53. The highest BCUT2D eigenvalue weighted by molar-refractivity contribution is 6.31. The molecular weight excluding hydrogens is 249 g/mol. The van der Waals surface area contributed by atoms with Crippen LogP contribution < -0.4 is 10.5 Å². The number of aromatic nitrogens is 2. The highest BCUT2D eigenvalue weighted by Crippen LogP contribution is 2.30. The molecule has 0 amide bonds. The van der Waals surface area contributed by atoms with Crippen molar-refractivity contribution in [1.29, 1.82) is 0 Å². The number of ether oxygens (including phenoxy) is 1. The lowest BCUT2D eigenvalue weighted by molar-refractivity contribution is 0.463. The van der Waals surface area contributed by atoms with E-state index >= 15 is 0 Å². The standard InChI is InChI=1S/C10H7Cl2N3O/c11-6-4-7(13)10(15-5-6)16-8-2-1-3-14-9(8)12/h1-5H,13H2. The molecular formula is C10H7Cl2N3O. The van der Waals surface area contributed by atoms with Crippen LogP contribution in [0.4, 0.5) is 5.69 Å². The quantitative estimate of drug-likeness (QED) is 0.838. The van der Waals surface area contributed by atoms with Crippen LogP contribution in [0.2, 0.25) is 10.2 Å². The molecule has 0 saturated carbocycles. The molecule has 2 aromatic rings. The molecule has 2 N–H and O–H groups in total. The van der Waals surface area contributed by atoms with Crippen LogP contribution in [0, 0.1) is 0 Å². The molecule has 4 nitrogen and oxygen atoms in total. The molecule has 2 heterocycles. The molecule has 82 valence electrons. The summed E-state index contributed by atoms with van der Waals surface area (Å²) in [5.41, 5.74) is 6.02. The molecule has 0 radical (unpaired) electrons. The molecule has 16 heavy (non-hydrogen) atoms. The summed E-state index contributed by atoms with van der Waals surface area (Å²) in [6, 6.07) is 4.92. The minimum Gasteiger partial charge on any atom is -0.434 e. The van der Waals surface area contributed by atoms with Crippen LogP contribution in [0.15, 0.2) is 30.6 Å². The molecule has 0 bridgehead atoms. The van der Waals surface area contributed by atoms with Gasteiger partial charge in [0.25, 0.3) is 0 Å². The zero-order valence-electron chi connectivity index (χ0n) is 8.02. The Hall–Kier alpha value is -1.52. The van der Waals surface area contributed by atoms with Crippen molar-refractivity contribution >= 4 is 28.9 Å². The summed E-state index contributed by atoms with van der Waals surface area (Å²) in [6.07, 6.45) is 3.01. The summed E-state index contributed by atoms with van der Waals surface area (Å²) >= 11 is 11.5. The van der Waals surface area contributed by atoms with E-state index in [0.717, 1.165) is 0 Å². The van der Waals surface area contributed by atoms with Crippen molar-refractivity contribution in [2.24, 2.45) is 0 Å². The maximum absolute atomic E-state index is 5.83. The average molecular weight is 256 g/mol. The normalized spacial score (nSPS) is 10.1. The van der Waals surface area contributed by atoms with Gasteiger partial charge in [0.05, 0.1) is 10.7 Å². The lowest BCUT2D eigenvalue weighted by Gasteiger charge is -2.07. The van der Waals surface area contributed by atoms with Crippen LogP contribution in [-0.2, 0) is 0 Å². The molecule has 0 unspecified atom stereocenters. The zero-order chi connectivity index (χ0) is 11.5. The fourth-order valence-electron chi connectivity index (χ4n) is 1.08. The Morgan fingerprint density at radius 2 is 2.06 bits per heavy atom. The van der Waals surface area contributed by atoms with Crippen molar-refractivity contribution in [3.8, 4) is 11.6 Å². The number of halogens is 2. The van der Waals surface area contributed by atoms with E-state index in [1.807, 2.05) is 0 Å². The number of hydrogen-bond donors (Lipinski definition) is 1. The summed E-state index contributed by atoms with van der Waals surface area (Å²) < 4.78 is 5.41. The number of nitrogens with two attached hydrogens (primary N) is 1. The van der Waals surface area contributed by atoms with Crippen molar-refractivity contribution in [1.82, 2.24) is 9.97 Å². The van der Waals surface area contributed by atoms with Crippen molar-refractivity contribution in [3.63, 3.8) is 0 Å². The van der Waals surface area contributed by atoms with Crippen LogP contribution in [-0.4, -0.2) is 9.97 Å². The summed E-state index contributed by atoms with van der Waals surface area (Å²) in [6.45, 7) is 0. The van der Waals surface area contributed by atoms with Gasteiger partial charge in [-0.15, -0.1) is 0 Å². The van der Waals surface area contributed by atoms with E-state index in [1.54, 1.807) is 24.4 Å². The van der Waals surface area contributed by atoms with Crippen LogP contribution in [0.5, 0.6) is 11.6 Å². The summed E-state index contributed by atoms with van der Waals surface area (Å²) in [5.74, 6) is 0.644. The molecule has 0 aliphatic rings. The van der Waals surface area contributed by atoms with Gasteiger partial charge in [0.15, 0.2) is 10.9 Å². The summed E-state index contributed by atoms with van der Waals surface area (Å²) in [4.78, 5) is 7.82. The van der Waals surface area contributed by atoms with Gasteiger partial charge < -0.3 is 10.5 Å². The fraction of sp³-hybridized carbons (Fsp3) is 0. The lowest BCUT2D eigenvalue weighted by Crippen LogP contribution is -1.95. The molecule has 0 aliphatic heterocycles. The van der Waals surface area contributed by atoms with Crippen molar-refractivity contribution in [3.05, 3.63) is 40.8 Å². The van der Waals surface area contributed by atoms with Crippen molar-refractivity contribution in [2.75, 3.05) is 5.73 Å². The number of pyridine rings is 2. The van der Waals surface area contributed by atoms with Gasteiger partial charge >= 0.3 is 0 Å². The molecule has 2 rings (SSSR count). The van der Waals surface area contributed by atoms with Crippen LogP contribution >= 0.6 is 23.2 Å². The summed E-state index contributed by atoms with van der Waals surface area (Å²) in [5, 5.41) is 0.695. The molecule has 0 aromatic carbocycles. The lowest BCUT2D eigenvalue weighted by atomic mass is 10.4. The van der Waals surface area contributed by atoms with Gasteiger partial charge in [-0.2, -0.15) is 0 Å². The van der Waals surface area contributed by atoms with Gasteiger partial charge in [-0.25, -0.2) is 9.97 Å². The van der Waals surface area contributed by atoms with Crippen LogP contribution in [0.25, 0.3) is 0 Å². The predicted molar refractivity (Wildman–Crippen MR) is 63.0 cm³/mol. The Morgan fingerprint density at radius 3 is 2.75 bits per heavy atom.